The Morgan fingerprint density at radius 1 is 0.901 bits per heavy atom. The smallest absolute Gasteiger partial charge is 0.338 e. The zero-order valence-corrected chi connectivity index (χ0v) is 47.0. The molecule has 7 atom stereocenters. The van der Waals surface area contributed by atoms with Crippen molar-refractivity contribution in [3.63, 3.8) is 0 Å². The molecule has 3 aliphatic heterocycles. The van der Waals surface area contributed by atoms with Gasteiger partial charge in [0.25, 0.3) is 5.91 Å². The number of hydrogen-bond acceptors (Lipinski definition) is 14. The van der Waals surface area contributed by atoms with Crippen molar-refractivity contribution < 1.29 is 62.6 Å². The number of H-pyrrole nitrogens is 1. The van der Waals surface area contributed by atoms with Gasteiger partial charge >= 0.3 is 11.9 Å². The molecule has 7 rings (SSSR count). The molecule has 4 aliphatic rings. The van der Waals surface area contributed by atoms with Crippen molar-refractivity contribution in [3.05, 3.63) is 77.8 Å². The van der Waals surface area contributed by atoms with Crippen LogP contribution in [0.5, 0.6) is 0 Å². The van der Waals surface area contributed by atoms with E-state index in [9.17, 15) is 53.1 Å². The molecule has 0 radical (unpaired) electrons. The van der Waals surface area contributed by atoms with Crippen LogP contribution in [-0.4, -0.2) is 169 Å². The van der Waals surface area contributed by atoms with Crippen molar-refractivity contribution in [3.8, 4) is 0 Å². The van der Waals surface area contributed by atoms with Crippen LogP contribution < -0.4 is 27.0 Å². The minimum absolute atomic E-state index is 0.0275. The highest BCUT2D eigenvalue weighted by Gasteiger charge is 2.53. The van der Waals surface area contributed by atoms with Crippen LogP contribution in [0.2, 0.25) is 0 Å². The first kappa shape index (κ1) is 60.8. The normalized spacial score (nSPS) is 22.4. The Morgan fingerprint density at radius 3 is 2.23 bits per heavy atom. The topological polar surface area (TPSA) is 330 Å². The van der Waals surface area contributed by atoms with Gasteiger partial charge in [0.05, 0.1) is 30.8 Å². The molecule has 3 aromatic rings. The van der Waals surface area contributed by atoms with Gasteiger partial charge < -0.3 is 61.3 Å². The molecule has 0 spiro atoms. The van der Waals surface area contributed by atoms with Gasteiger partial charge in [0.15, 0.2) is 5.78 Å². The largest absolute Gasteiger partial charge is 0.478 e. The van der Waals surface area contributed by atoms with Gasteiger partial charge in [-0.25, -0.2) is 9.59 Å². The highest BCUT2D eigenvalue weighted by Crippen LogP contribution is 2.36. The molecule has 7 amide bonds. The van der Waals surface area contributed by atoms with E-state index < -0.39 is 124 Å². The standard InChI is InChI=1S/C58H76N10O13/c1-55(2,3)46(62-33-58(34-69,24-13-12-20-44(71)81-6)65-47(72)39-21-25-60-31-40(39)52(77)78)51(76)66-32-37(70)29-43(66)48(73)64-45(35-16-8-7-9-17-35)50(75)68-27-15-23-57(68,5)54(80)63-42(28-36-30-61-41-19-11-10-18-38(36)41)49(74)67-26-14-22-56(67,4)53(59)79/h10-12,18-21,25,30-31,34-35,42-43,45-46,61-62H,7-9,13-17,22-24,26-29,32-33H2,1-6H3,(H2,59,79)(H,63,80)(H,64,73)(H,65,72)(H,77,78)/b20-12+/t42-,43-,45-,46+,56-,57-,58+/m0/s1. The SMILES string of the molecule is COC(=O)/C=C/CC[C@](C=O)(CN[C@H](C(=O)N1CC(=O)C[C@H]1C(=O)N[C@H](C(=O)N1CCC[C@@]1(C)C(=O)N[C@@H](Cc1c[nH]c2ccccc12)C(=O)N1CCC[C@@]1(C)C(N)=O)C1CCCCC1)C(C)(C)C)NC(=O)c1ccncc1C(=O)O. The number of hydrogen-bond donors (Lipinski definition) is 7. The average molecular weight is 1120 g/mol. The summed E-state index contributed by atoms with van der Waals surface area (Å²) in [5.41, 5.74) is 1.11. The highest BCUT2D eigenvalue weighted by molar-refractivity contribution is 6.06. The lowest BCUT2D eigenvalue weighted by molar-refractivity contribution is -0.151. The average Bonchev–Trinajstić information content (AvgIpc) is 4.39. The Morgan fingerprint density at radius 2 is 1.58 bits per heavy atom. The number of likely N-dealkylation sites (tertiary alicyclic amines) is 3. The Hall–Kier alpha value is -7.82. The number of aromatic carboxylic acids is 1. The number of fused-ring (bicyclic) bond motifs is 1. The zero-order valence-electron chi connectivity index (χ0n) is 47.0. The maximum Gasteiger partial charge on any atom is 0.338 e. The number of pyridine rings is 1. The number of ether oxygens (including phenoxy) is 1. The van der Waals surface area contributed by atoms with Crippen LogP contribution in [0.3, 0.4) is 0 Å². The molecule has 4 fully saturated rings. The lowest BCUT2D eigenvalue weighted by Crippen LogP contribution is -2.65. The lowest BCUT2D eigenvalue weighted by Gasteiger charge is -2.41. The number of nitrogens with two attached hydrogens (primary N) is 1. The first-order valence-electron chi connectivity index (χ1n) is 27.7. The number of nitrogens with one attached hydrogen (secondary N) is 5. The van der Waals surface area contributed by atoms with Crippen LogP contribution in [0, 0.1) is 11.3 Å². The van der Waals surface area contributed by atoms with E-state index in [1.54, 1.807) is 40.8 Å². The summed E-state index contributed by atoms with van der Waals surface area (Å²) >= 11 is 0. The van der Waals surface area contributed by atoms with E-state index in [0.717, 1.165) is 52.9 Å². The summed E-state index contributed by atoms with van der Waals surface area (Å²) in [5, 5.41) is 22.4. The molecular formula is C58H76N10O13. The molecule has 1 saturated carbocycles. The van der Waals surface area contributed by atoms with Gasteiger partial charge in [-0.3, -0.25) is 43.3 Å². The second-order valence-electron chi connectivity index (χ2n) is 23.4. The second-order valence-corrected chi connectivity index (χ2v) is 23.4. The number of primary amides is 1. The minimum atomic E-state index is -1.83. The number of carboxylic acids is 1. The minimum Gasteiger partial charge on any atom is -0.478 e. The summed E-state index contributed by atoms with van der Waals surface area (Å²) in [6.07, 6.45) is 11.6. The number of rotatable bonds is 22. The van der Waals surface area contributed by atoms with Crippen LogP contribution in [0.25, 0.3) is 10.9 Å². The van der Waals surface area contributed by atoms with Crippen LogP contribution in [0.4, 0.5) is 0 Å². The Balaban J connectivity index is 1.13. The Kier molecular flexibility index (Phi) is 19.0. The number of aldehydes is 1. The van der Waals surface area contributed by atoms with Gasteiger partial charge in [-0.2, -0.15) is 0 Å². The van der Waals surface area contributed by atoms with Crippen molar-refractivity contribution in [1.29, 1.82) is 0 Å². The third-order valence-corrected chi connectivity index (χ3v) is 16.8. The number of carboxylic acid groups (broad SMARTS) is 1. The van der Waals surface area contributed by atoms with Crippen LogP contribution in [0.15, 0.2) is 61.1 Å². The first-order valence-corrected chi connectivity index (χ1v) is 27.7. The number of aromatic nitrogens is 2. The lowest BCUT2D eigenvalue weighted by atomic mass is 9.82. The number of methoxy groups -OCH3 is 1. The number of carbonyl (C=O) groups excluding carboxylic acids is 10. The fourth-order valence-corrected chi connectivity index (χ4v) is 12.0. The molecule has 8 N–H and O–H groups in total. The highest BCUT2D eigenvalue weighted by atomic mass is 16.5. The van der Waals surface area contributed by atoms with E-state index in [0.29, 0.717) is 38.4 Å². The van der Waals surface area contributed by atoms with Gasteiger partial charge in [0, 0.05) is 68.0 Å². The molecule has 81 heavy (non-hydrogen) atoms. The summed E-state index contributed by atoms with van der Waals surface area (Å²) in [5.74, 6) is -7.61. The van der Waals surface area contributed by atoms with Crippen LogP contribution in [-0.2, 0) is 54.3 Å². The second kappa shape index (κ2) is 25.3. The zero-order chi connectivity index (χ0) is 59.0. The van der Waals surface area contributed by atoms with Gasteiger partial charge in [0.2, 0.25) is 35.4 Å². The van der Waals surface area contributed by atoms with E-state index in [4.69, 9.17) is 5.73 Å². The van der Waals surface area contributed by atoms with E-state index in [-0.39, 0.29) is 56.7 Å². The number of allylic oxidation sites excluding steroid dienone is 1. The quantitative estimate of drug-likeness (QED) is 0.0432. The molecule has 0 unspecified atom stereocenters. The summed E-state index contributed by atoms with van der Waals surface area (Å²) in [6, 6.07) is 3.75. The Bertz CT molecular complexity index is 2960. The number of amides is 7. The monoisotopic (exact) mass is 1120 g/mol. The summed E-state index contributed by atoms with van der Waals surface area (Å²) in [7, 11) is 1.18. The van der Waals surface area contributed by atoms with Crippen molar-refractivity contribution >= 4 is 76.3 Å². The summed E-state index contributed by atoms with van der Waals surface area (Å²) in [4.78, 5) is 163. The fourth-order valence-electron chi connectivity index (χ4n) is 12.0. The molecule has 436 valence electrons. The van der Waals surface area contributed by atoms with Crippen LogP contribution in [0.1, 0.15) is 138 Å². The molecule has 2 aromatic heterocycles. The maximum atomic E-state index is 15.3. The van der Waals surface area contributed by atoms with Gasteiger partial charge in [-0.1, -0.05) is 64.3 Å². The molecule has 23 nitrogen and oxygen atoms in total. The van der Waals surface area contributed by atoms with Gasteiger partial charge in [-0.05, 0) is 94.2 Å². The van der Waals surface area contributed by atoms with E-state index >= 15 is 4.79 Å². The van der Waals surface area contributed by atoms with Crippen LogP contribution >= 0.6 is 0 Å². The first-order chi connectivity index (χ1) is 38.4. The number of aromatic amines is 1. The third kappa shape index (κ3) is 13.4. The number of nitrogens with zero attached hydrogens (tertiary/aromatic N) is 4. The van der Waals surface area contributed by atoms with Crippen molar-refractivity contribution in [2.75, 3.05) is 33.3 Å². The maximum absolute atomic E-state index is 15.3. The van der Waals surface area contributed by atoms with Gasteiger partial charge in [0.1, 0.15) is 41.0 Å². The van der Waals surface area contributed by atoms with E-state index in [1.807, 2.05) is 24.3 Å². The molecule has 3 saturated heterocycles. The molecule has 1 aromatic carbocycles. The summed E-state index contributed by atoms with van der Waals surface area (Å²) in [6.45, 7) is 7.93. The summed E-state index contributed by atoms with van der Waals surface area (Å²) < 4.78 is 4.67. The number of esters is 1. The predicted molar refractivity (Wildman–Crippen MR) is 295 cm³/mol. The van der Waals surface area contributed by atoms with Crippen molar-refractivity contribution in [2.45, 2.75) is 159 Å². The number of benzene rings is 1. The molecule has 23 heteroatoms. The Labute approximate surface area is 470 Å². The fraction of sp³-hybridized carbons (Fsp3) is 0.552. The number of ketones is 1. The third-order valence-electron chi connectivity index (χ3n) is 16.8. The number of para-hydroxylation sites is 1. The van der Waals surface area contributed by atoms with Crippen molar-refractivity contribution in [2.24, 2.45) is 17.1 Å². The van der Waals surface area contributed by atoms with Crippen molar-refractivity contribution in [1.82, 2.24) is 45.9 Å². The number of Topliss-reactive ketones (excluding diaryl/α,β-unsaturated/α-hetero) is 1. The molecule has 0 bridgehead atoms. The number of carbonyl (C=O) groups is 11. The van der Waals surface area contributed by atoms with E-state index in [1.165, 1.54) is 35.2 Å². The molecular weight excluding hydrogens is 1040 g/mol. The molecule has 5 heterocycles. The van der Waals surface area contributed by atoms with E-state index in [2.05, 4.69) is 36.0 Å². The predicted octanol–water partition coefficient (Wildman–Crippen LogP) is 2.65. The van der Waals surface area contributed by atoms with Gasteiger partial charge in [-0.15, -0.1) is 0 Å². The molecule has 1 aliphatic carbocycles.